The topological polar surface area (TPSA) is 72.2 Å². The number of aryl methyl sites for hydroxylation is 1. The number of sulfonamides is 1. The van der Waals surface area contributed by atoms with Crippen LogP contribution in [0.15, 0.2) is 21.5 Å². The molecule has 0 fully saturated rings. The van der Waals surface area contributed by atoms with Crippen molar-refractivity contribution in [2.45, 2.75) is 24.8 Å². The first-order valence-corrected chi connectivity index (χ1v) is 7.23. The summed E-state index contributed by atoms with van der Waals surface area (Å²) < 4.78 is 39.7. The van der Waals surface area contributed by atoms with Crippen molar-refractivity contribution in [1.82, 2.24) is 4.72 Å². The molecule has 0 aromatic heterocycles. The fourth-order valence-corrected chi connectivity index (χ4v) is 3.30. The molecule has 1 atom stereocenters. The molecule has 1 aromatic rings. The zero-order valence-corrected chi connectivity index (χ0v) is 11.9. The Morgan fingerprint density at radius 2 is 2.12 bits per heavy atom. The van der Waals surface area contributed by atoms with E-state index in [0.29, 0.717) is 5.56 Å². The second-order valence-electron chi connectivity index (χ2n) is 3.79. The maximum atomic E-state index is 13.2. The standard InChI is InChI=1S/C10H14BrFN2O2S/c1-6-3-9(12)8(11)4-10(6)17(15,16)14-7(2)5-13/h3-4,7,14H,5,13H2,1-2H3/t7-/m0/s1. The van der Waals surface area contributed by atoms with E-state index in [1.807, 2.05) is 0 Å². The zero-order valence-electron chi connectivity index (χ0n) is 9.50. The lowest BCUT2D eigenvalue weighted by Gasteiger charge is -2.14. The quantitative estimate of drug-likeness (QED) is 0.882. The molecule has 0 aliphatic rings. The van der Waals surface area contributed by atoms with Gasteiger partial charge in [-0.2, -0.15) is 0 Å². The average Bonchev–Trinajstić information content (AvgIpc) is 2.22. The fourth-order valence-electron chi connectivity index (χ4n) is 1.29. The average molecular weight is 325 g/mol. The van der Waals surface area contributed by atoms with Gasteiger partial charge in [-0.25, -0.2) is 17.5 Å². The van der Waals surface area contributed by atoms with Crippen molar-refractivity contribution < 1.29 is 12.8 Å². The zero-order chi connectivity index (χ0) is 13.2. The van der Waals surface area contributed by atoms with Gasteiger partial charge in [0.2, 0.25) is 10.0 Å². The van der Waals surface area contributed by atoms with Crippen molar-refractivity contribution in [2.24, 2.45) is 5.73 Å². The van der Waals surface area contributed by atoms with E-state index in [2.05, 4.69) is 20.7 Å². The number of nitrogens with one attached hydrogen (secondary N) is 1. The molecule has 3 N–H and O–H groups in total. The first-order chi connectivity index (χ1) is 7.77. The van der Waals surface area contributed by atoms with Crippen LogP contribution in [-0.2, 0) is 10.0 Å². The lowest BCUT2D eigenvalue weighted by molar-refractivity contribution is 0.561. The minimum absolute atomic E-state index is 0.0473. The Balaban J connectivity index is 3.20. The van der Waals surface area contributed by atoms with Gasteiger partial charge in [0.15, 0.2) is 0 Å². The number of hydrogen-bond donors (Lipinski definition) is 2. The van der Waals surface area contributed by atoms with E-state index in [0.717, 1.165) is 0 Å². The highest BCUT2D eigenvalue weighted by Gasteiger charge is 2.20. The van der Waals surface area contributed by atoms with E-state index in [-0.39, 0.29) is 22.0 Å². The van der Waals surface area contributed by atoms with E-state index in [1.54, 1.807) is 6.92 Å². The number of hydrogen-bond acceptors (Lipinski definition) is 3. The van der Waals surface area contributed by atoms with Gasteiger partial charge in [0.25, 0.3) is 0 Å². The van der Waals surface area contributed by atoms with Gasteiger partial charge in [-0.3, -0.25) is 0 Å². The molecule has 0 bridgehead atoms. The summed E-state index contributed by atoms with van der Waals surface area (Å²) in [6.07, 6.45) is 0. The lowest BCUT2D eigenvalue weighted by atomic mass is 10.2. The summed E-state index contributed by atoms with van der Waals surface area (Å²) in [6, 6.07) is 2.05. The van der Waals surface area contributed by atoms with Crippen LogP contribution in [0.1, 0.15) is 12.5 Å². The maximum absolute atomic E-state index is 13.2. The van der Waals surface area contributed by atoms with Crippen molar-refractivity contribution in [3.63, 3.8) is 0 Å². The molecule has 96 valence electrons. The van der Waals surface area contributed by atoms with Crippen LogP contribution in [0.2, 0.25) is 0 Å². The summed E-state index contributed by atoms with van der Waals surface area (Å²) in [6.45, 7) is 3.39. The van der Waals surface area contributed by atoms with E-state index in [1.165, 1.54) is 19.1 Å². The highest BCUT2D eigenvalue weighted by Crippen LogP contribution is 2.23. The van der Waals surface area contributed by atoms with Gasteiger partial charge >= 0.3 is 0 Å². The van der Waals surface area contributed by atoms with Crippen LogP contribution in [0.3, 0.4) is 0 Å². The van der Waals surface area contributed by atoms with Gasteiger partial charge in [-0.05, 0) is 47.5 Å². The Labute approximate surface area is 109 Å². The van der Waals surface area contributed by atoms with Gasteiger partial charge in [0, 0.05) is 12.6 Å². The van der Waals surface area contributed by atoms with E-state index in [9.17, 15) is 12.8 Å². The number of halogens is 2. The lowest BCUT2D eigenvalue weighted by Crippen LogP contribution is -2.38. The predicted octanol–water partition coefficient (Wildman–Crippen LogP) is 1.52. The minimum atomic E-state index is -3.67. The second-order valence-corrected chi connectivity index (χ2v) is 6.33. The molecule has 0 unspecified atom stereocenters. The molecule has 7 heteroatoms. The van der Waals surface area contributed by atoms with Crippen LogP contribution in [0.25, 0.3) is 0 Å². The van der Waals surface area contributed by atoms with Crippen molar-refractivity contribution in [3.8, 4) is 0 Å². The van der Waals surface area contributed by atoms with Gasteiger partial charge in [-0.1, -0.05) is 0 Å². The van der Waals surface area contributed by atoms with Crippen LogP contribution in [-0.4, -0.2) is 21.0 Å². The van der Waals surface area contributed by atoms with E-state index < -0.39 is 15.8 Å². The van der Waals surface area contributed by atoms with Crippen molar-refractivity contribution in [1.29, 1.82) is 0 Å². The summed E-state index contributed by atoms with van der Waals surface area (Å²) in [5.74, 6) is -0.492. The Bertz CT molecular complexity index is 519. The summed E-state index contributed by atoms with van der Waals surface area (Å²) in [7, 11) is -3.67. The normalized spacial score (nSPS) is 13.7. The molecular weight excluding hydrogens is 311 g/mol. The van der Waals surface area contributed by atoms with Crippen molar-refractivity contribution in [2.75, 3.05) is 6.54 Å². The molecule has 1 rings (SSSR count). The molecular formula is C10H14BrFN2O2S. The SMILES string of the molecule is Cc1cc(F)c(Br)cc1S(=O)(=O)N[C@@H](C)CN. The summed E-state index contributed by atoms with van der Waals surface area (Å²) in [5, 5.41) is 0. The first-order valence-electron chi connectivity index (χ1n) is 4.96. The molecule has 0 spiro atoms. The summed E-state index contributed by atoms with van der Waals surface area (Å²) in [4.78, 5) is 0.0473. The molecule has 0 amide bonds. The Morgan fingerprint density at radius 3 is 2.65 bits per heavy atom. The smallest absolute Gasteiger partial charge is 0.241 e. The van der Waals surface area contributed by atoms with Gasteiger partial charge in [-0.15, -0.1) is 0 Å². The molecule has 1 aromatic carbocycles. The van der Waals surface area contributed by atoms with Crippen LogP contribution < -0.4 is 10.5 Å². The largest absolute Gasteiger partial charge is 0.329 e. The molecule has 0 aliphatic carbocycles. The minimum Gasteiger partial charge on any atom is -0.329 e. The van der Waals surface area contributed by atoms with Crippen LogP contribution in [0.4, 0.5) is 4.39 Å². The van der Waals surface area contributed by atoms with Crippen LogP contribution in [0, 0.1) is 12.7 Å². The van der Waals surface area contributed by atoms with E-state index in [4.69, 9.17) is 5.73 Å². The van der Waals surface area contributed by atoms with Gasteiger partial charge in [0.05, 0.1) is 9.37 Å². The molecule has 0 aliphatic heterocycles. The maximum Gasteiger partial charge on any atom is 0.241 e. The predicted molar refractivity (Wildman–Crippen MR) is 67.7 cm³/mol. The highest BCUT2D eigenvalue weighted by atomic mass is 79.9. The number of nitrogens with two attached hydrogens (primary N) is 1. The molecule has 17 heavy (non-hydrogen) atoms. The highest BCUT2D eigenvalue weighted by molar-refractivity contribution is 9.10. The Morgan fingerprint density at radius 1 is 1.53 bits per heavy atom. The second kappa shape index (κ2) is 5.43. The summed E-state index contributed by atoms with van der Waals surface area (Å²) >= 11 is 2.96. The molecule has 0 radical (unpaired) electrons. The number of rotatable bonds is 4. The van der Waals surface area contributed by atoms with Crippen molar-refractivity contribution >= 4 is 26.0 Å². The van der Waals surface area contributed by atoms with Gasteiger partial charge in [0.1, 0.15) is 5.82 Å². The third kappa shape index (κ3) is 3.48. The molecule has 0 saturated carbocycles. The Kier molecular flexibility index (Phi) is 4.65. The van der Waals surface area contributed by atoms with Crippen LogP contribution >= 0.6 is 15.9 Å². The third-order valence-electron chi connectivity index (χ3n) is 2.22. The van der Waals surface area contributed by atoms with E-state index >= 15 is 0 Å². The summed E-state index contributed by atoms with van der Waals surface area (Å²) in [5.41, 5.74) is 5.70. The monoisotopic (exact) mass is 324 g/mol. The van der Waals surface area contributed by atoms with Crippen LogP contribution in [0.5, 0.6) is 0 Å². The number of benzene rings is 1. The molecule has 0 saturated heterocycles. The first kappa shape index (κ1) is 14.6. The molecule has 0 heterocycles. The fraction of sp³-hybridized carbons (Fsp3) is 0.400. The van der Waals surface area contributed by atoms with Gasteiger partial charge < -0.3 is 5.73 Å². The Hall–Kier alpha value is -0.500. The molecule has 4 nitrogen and oxygen atoms in total. The van der Waals surface area contributed by atoms with Crippen molar-refractivity contribution in [3.05, 3.63) is 28.0 Å². The third-order valence-corrected chi connectivity index (χ3v) is 4.56.